The molecule has 0 nitrogen and oxygen atoms in total. The molecule has 1 heteroatoms. The minimum absolute atomic E-state index is 0. The van der Waals surface area contributed by atoms with E-state index in [1.165, 1.54) is 16.7 Å². The average Bonchev–Trinajstić information content (AvgIpc) is 2.20. The fraction of sp³-hybridized carbons (Fsp3) is 0.0769. The molecule has 0 heterocycles. The fourth-order valence-electron chi connectivity index (χ4n) is 1.51. The quantitative estimate of drug-likeness (QED) is 0.592. The van der Waals surface area contributed by atoms with Gasteiger partial charge in [-0.1, -0.05) is 54.6 Å². The molecule has 0 saturated heterocycles. The largest absolute Gasteiger partial charge is 0.0622 e. The van der Waals surface area contributed by atoms with E-state index in [9.17, 15) is 0 Å². The number of rotatable bonds is 1. The van der Waals surface area contributed by atoms with E-state index in [4.69, 9.17) is 0 Å². The Kier molecular flexibility index (Phi) is 3.85. The van der Waals surface area contributed by atoms with Gasteiger partial charge in [-0.3, -0.25) is 0 Å². The van der Waals surface area contributed by atoms with Crippen molar-refractivity contribution in [3.8, 4) is 11.1 Å². The van der Waals surface area contributed by atoms with E-state index in [-0.39, 0.29) is 9.90 Å². The topological polar surface area (TPSA) is 0 Å². The zero-order valence-corrected chi connectivity index (χ0v) is 9.04. The van der Waals surface area contributed by atoms with Gasteiger partial charge in [-0.05, 0) is 23.6 Å². The van der Waals surface area contributed by atoms with Gasteiger partial charge >= 0.3 is 0 Å². The van der Waals surface area contributed by atoms with Gasteiger partial charge in [0, 0.05) is 9.90 Å². The Hall–Kier alpha value is -1.13. The molecule has 0 atom stereocenters. The lowest BCUT2D eigenvalue weighted by molar-refractivity contribution is 1.46. The smallest absolute Gasteiger partial charge is 0 e. The minimum Gasteiger partial charge on any atom is -0.0622 e. The van der Waals surface area contributed by atoms with Gasteiger partial charge in [0.25, 0.3) is 0 Å². The summed E-state index contributed by atoms with van der Waals surface area (Å²) in [5.41, 5.74) is 3.94. The van der Waals surface area contributed by atoms with Crippen molar-refractivity contribution in [2.24, 2.45) is 0 Å². The second kappa shape index (κ2) is 4.93. The molecule has 0 fully saturated rings. The van der Waals surface area contributed by atoms with Gasteiger partial charge in [0.1, 0.15) is 0 Å². The Balaban J connectivity index is 0.000000980. The Morgan fingerprint density at radius 1 is 0.714 bits per heavy atom. The van der Waals surface area contributed by atoms with Gasteiger partial charge in [0.2, 0.25) is 0 Å². The first-order chi connectivity index (χ1) is 6.38. The molecule has 2 aromatic rings. The number of benzene rings is 2. The molecule has 0 aromatic heterocycles. The fourth-order valence-corrected chi connectivity index (χ4v) is 1.51. The summed E-state index contributed by atoms with van der Waals surface area (Å²) in [4.78, 5) is 0. The maximum atomic E-state index is 2.16. The van der Waals surface area contributed by atoms with E-state index in [0.717, 1.165) is 0 Å². The summed E-state index contributed by atoms with van der Waals surface area (Å²) in [5.74, 6) is 0. The molecule has 0 aliphatic carbocycles. The summed E-state index contributed by atoms with van der Waals surface area (Å²) in [6.45, 7) is 2.14. The molecule has 0 amide bonds. The van der Waals surface area contributed by atoms with Crippen molar-refractivity contribution < 1.29 is 0 Å². The van der Waals surface area contributed by atoms with Gasteiger partial charge in [-0.25, -0.2) is 0 Å². The van der Waals surface area contributed by atoms with Crippen molar-refractivity contribution in [3.05, 3.63) is 60.2 Å². The van der Waals surface area contributed by atoms with Crippen LogP contribution in [0.4, 0.5) is 0 Å². The highest BCUT2D eigenvalue weighted by atomic mass is 31.0. The molecule has 2 aromatic carbocycles. The third-order valence-electron chi connectivity index (χ3n) is 2.23. The first kappa shape index (κ1) is 10.9. The molecule has 14 heavy (non-hydrogen) atoms. The van der Waals surface area contributed by atoms with E-state index >= 15 is 0 Å². The molecule has 3 radical (unpaired) electrons. The van der Waals surface area contributed by atoms with Crippen LogP contribution in [-0.2, 0) is 0 Å². The summed E-state index contributed by atoms with van der Waals surface area (Å²) >= 11 is 0. The molecule has 0 spiro atoms. The molecule has 2 rings (SSSR count). The van der Waals surface area contributed by atoms with Gasteiger partial charge < -0.3 is 0 Å². The monoisotopic (exact) mass is 199 g/mol. The van der Waals surface area contributed by atoms with Crippen LogP contribution in [0.2, 0.25) is 0 Å². The van der Waals surface area contributed by atoms with Gasteiger partial charge in [-0.15, -0.1) is 0 Å². The van der Waals surface area contributed by atoms with Crippen LogP contribution in [0.25, 0.3) is 11.1 Å². The van der Waals surface area contributed by atoms with Crippen LogP contribution in [0.15, 0.2) is 54.6 Å². The van der Waals surface area contributed by atoms with Crippen LogP contribution in [0.1, 0.15) is 5.56 Å². The maximum Gasteiger partial charge on any atom is 0 e. The molecule has 0 bridgehead atoms. The van der Waals surface area contributed by atoms with Crippen molar-refractivity contribution in [2.75, 3.05) is 0 Å². The zero-order valence-electron chi connectivity index (χ0n) is 8.14. The highest BCUT2D eigenvalue weighted by molar-refractivity contribution is 6.92. The first-order valence-corrected chi connectivity index (χ1v) is 4.49. The van der Waals surface area contributed by atoms with Crippen molar-refractivity contribution in [1.82, 2.24) is 0 Å². The minimum atomic E-state index is 0. The SMILES string of the molecule is Cc1ccccc1-c1ccccc1.[P]. The van der Waals surface area contributed by atoms with Crippen LogP contribution in [-0.4, -0.2) is 0 Å². The van der Waals surface area contributed by atoms with Crippen molar-refractivity contribution >= 4 is 9.90 Å². The van der Waals surface area contributed by atoms with Crippen molar-refractivity contribution in [1.29, 1.82) is 0 Å². The molecule has 0 N–H and O–H groups in total. The van der Waals surface area contributed by atoms with Crippen LogP contribution < -0.4 is 0 Å². The lowest BCUT2D eigenvalue weighted by Gasteiger charge is -2.04. The second-order valence-corrected chi connectivity index (χ2v) is 3.18. The molecule has 0 unspecified atom stereocenters. The lowest BCUT2D eigenvalue weighted by Crippen LogP contribution is -1.80. The summed E-state index contributed by atoms with van der Waals surface area (Å²) < 4.78 is 0. The molecule has 0 saturated carbocycles. The van der Waals surface area contributed by atoms with Gasteiger partial charge in [-0.2, -0.15) is 0 Å². The summed E-state index contributed by atoms with van der Waals surface area (Å²) in [6.07, 6.45) is 0. The molecule has 69 valence electrons. The normalized spacial score (nSPS) is 9.21. The zero-order chi connectivity index (χ0) is 9.10. The van der Waals surface area contributed by atoms with Gasteiger partial charge in [0.05, 0.1) is 0 Å². The van der Waals surface area contributed by atoms with Crippen molar-refractivity contribution in [2.45, 2.75) is 6.92 Å². The number of hydrogen-bond donors (Lipinski definition) is 0. The first-order valence-electron chi connectivity index (χ1n) is 4.49. The predicted octanol–water partition coefficient (Wildman–Crippen LogP) is 4.52. The van der Waals surface area contributed by atoms with E-state index < -0.39 is 0 Å². The highest BCUT2D eigenvalue weighted by Crippen LogP contribution is 2.21. The van der Waals surface area contributed by atoms with Crippen molar-refractivity contribution in [3.63, 3.8) is 0 Å². The van der Waals surface area contributed by atoms with E-state index in [0.29, 0.717) is 0 Å². The Bertz CT molecular complexity index is 393. The lowest BCUT2D eigenvalue weighted by atomic mass is 10.0. The summed E-state index contributed by atoms with van der Waals surface area (Å²) in [7, 11) is 0. The molecule has 0 aliphatic heterocycles. The molecule has 0 aliphatic rings. The second-order valence-electron chi connectivity index (χ2n) is 3.18. The van der Waals surface area contributed by atoms with E-state index in [2.05, 4.69) is 55.5 Å². The Morgan fingerprint density at radius 2 is 1.29 bits per heavy atom. The van der Waals surface area contributed by atoms with E-state index in [1.54, 1.807) is 0 Å². The average molecular weight is 199 g/mol. The maximum absolute atomic E-state index is 2.16. The summed E-state index contributed by atoms with van der Waals surface area (Å²) in [5, 5.41) is 0. The van der Waals surface area contributed by atoms with Crippen LogP contribution >= 0.6 is 9.90 Å². The number of hydrogen-bond acceptors (Lipinski definition) is 0. The highest BCUT2D eigenvalue weighted by Gasteiger charge is 1.97. The number of aryl methyl sites for hydroxylation is 1. The molecular formula is C13H12P. The Morgan fingerprint density at radius 3 is 1.93 bits per heavy atom. The predicted molar refractivity (Wildman–Crippen MR) is 63.5 cm³/mol. The Labute approximate surface area is 88.6 Å². The summed E-state index contributed by atoms with van der Waals surface area (Å²) in [6, 6.07) is 18.9. The van der Waals surface area contributed by atoms with Gasteiger partial charge in [0.15, 0.2) is 0 Å². The molecular weight excluding hydrogens is 187 g/mol. The standard InChI is InChI=1S/C13H12.P/c1-11-7-5-6-10-13(11)12-8-3-2-4-9-12;/h2-10H,1H3;. The third-order valence-corrected chi connectivity index (χ3v) is 2.23. The van der Waals surface area contributed by atoms with Crippen LogP contribution in [0.3, 0.4) is 0 Å². The third kappa shape index (κ3) is 2.21. The van der Waals surface area contributed by atoms with Crippen LogP contribution in [0, 0.1) is 6.92 Å². The van der Waals surface area contributed by atoms with Crippen LogP contribution in [0.5, 0.6) is 0 Å². The van der Waals surface area contributed by atoms with E-state index in [1.807, 2.05) is 6.07 Å².